The molecule has 2 aromatic carbocycles. The summed E-state index contributed by atoms with van der Waals surface area (Å²) < 4.78 is 93.8. The molecular formula is C13H7F5O3S2. The van der Waals surface area contributed by atoms with Crippen molar-refractivity contribution in [2.24, 2.45) is 0 Å². The highest BCUT2D eigenvalue weighted by Crippen LogP contribution is 2.31. The first kappa shape index (κ1) is 17.5. The van der Waals surface area contributed by atoms with Gasteiger partial charge in [-0.1, -0.05) is 0 Å². The molecule has 3 nitrogen and oxygen atoms in total. The topological polar surface area (TPSA) is 43.4 Å². The van der Waals surface area contributed by atoms with Crippen LogP contribution in [0.5, 0.6) is 5.75 Å². The normalized spacial score (nSPS) is 11.6. The Balaban J connectivity index is 2.49. The Morgan fingerprint density at radius 1 is 0.826 bits per heavy atom. The highest BCUT2D eigenvalue weighted by atomic mass is 32.2. The van der Waals surface area contributed by atoms with E-state index in [2.05, 4.69) is 4.18 Å². The van der Waals surface area contributed by atoms with Crippen molar-refractivity contribution in [2.75, 3.05) is 6.26 Å². The molecule has 0 fully saturated rings. The Bertz CT molecular complexity index is 822. The summed E-state index contributed by atoms with van der Waals surface area (Å²) in [6.07, 6.45) is 1.73. The van der Waals surface area contributed by atoms with Crippen LogP contribution in [-0.4, -0.2) is 14.7 Å². The summed E-state index contributed by atoms with van der Waals surface area (Å²) in [5.41, 5.74) is 0. The van der Waals surface area contributed by atoms with Crippen LogP contribution in [-0.2, 0) is 10.1 Å². The van der Waals surface area contributed by atoms with Crippen LogP contribution in [0, 0.1) is 29.1 Å². The second-order valence-electron chi connectivity index (χ2n) is 4.11. The maximum atomic E-state index is 13.5. The van der Waals surface area contributed by atoms with E-state index in [-0.39, 0.29) is 0 Å². The van der Waals surface area contributed by atoms with Crippen molar-refractivity contribution in [3.8, 4) is 5.75 Å². The second kappa shape index (κ2) is 6.36. The second-order valence-corrected chi connectivity index (χ2v) is 6.54. The minimum Gasteiger partial charge on any atom is -0.372 e. The molecule has 10 heteroatoms. The van der Waals surface area contributed by atoms with Gasteiger partial charge in [0, 0.05) is 4.90 Å². The van der Waals surface area contributed by atoms with Gasteiger partial charge in [-0.05, 0) is 30.5 Å². The van der Waals surface area contributed by atoms with Gasteiger partial charge < -0.3 is 4.18 Å². The molecule has 0 aliphatic heterocycles. The van der Waals surface area contributed by atoms with Crippen LogP contribution in [0.25, 0.3) is 0 Å². The number of halogens is 5. The SMILES string of the molecule is CSc1ccc(S(=O)(=O)Oc2c(F)c(F)c(F)c(F)c2F)cc1. The molecule has 0 radical (unpaired) electrons. The smallest absolute Gasteiger partial charge is 0.339 e. The molecule has 2 rings (SSSR count). The molecule has 0 saturated carbocycles. The Kier molecular flexibility index (Phi) is 4.85. The van der Waals surface area contributed by atoms with Crippen LogP contribution < -0.4 is 4.18 Å². The van der Waals surface area contributed by atoms with Crippen LogP contribution in [0.4, 0.5) is 22.0 Å². The van der Waals surface area contributed by atoms with Crippen molar-refractivity contribution in [1.29, 1.82) is 0 Å². The third-order valence-corrected chi connectivity index (χ3v) is 4.69. The van der Waals surface area contributed by atoms with Gasteiger partial charge in [-0.25, -0.2) is 13.2 Å². The summed E-state index contributed by atoms with van der Waals surface area (Å²) in [6, 6.07) is 4.93. The van der Waals surface area contributed by atoms with Crippen LogP contribution in [0.2, 0.25) is 0 Å². The Hall–Kier alpha value is -1.81. The van der Waals surface area contributed by atoms with Crippen molar-refractivity contribution < 1.29 is 34.6 Å². The van der Waals surface area contributed by atoms with Crippen LogP contribution in [0.1, 0.15) is 0 Å². The summed E-state index contributed by atoms with van der Waals surface area (Å²) in [5, 5.41) is 0. The molecule has 23 heavy (non-hydrogen) atoms. The number of hydrogen-bond acceptors (Lipinski definition) is 4. The number of hydrogen-bond donors (Lipinski definition) is 0. The van der Waals surface area contributed by atoms with Gasteiger partial charge in [0.05, 0.1) is 0 Å². The summed E-state index contributed by atoms with van der Waals surface area (Å²) in [5.74, 6) is -13.6. The third kappa shape index (κ3) is 3.27. The number of rotatable bonds is 4. The standard InChI is InChI=1S/C13H7F5O3S2/c1-22-6-2-4-7(5-3-6)23(19,20)21-13-11(17)9(15)8(14)10(16)12(13)18/h2-5H,1H3. The maximum Gasteiger partial charge on any atom is 0.339 e. The first-order valence-electron chi connectivity index (χ1n) is 5.79. The molecule has 0 heterocycles. The quantitative estimate of drug-likeness (QED) is 0.269. The van der Waals surface area contributed by atoms with E-state index in [0.717, 1.165) is 12.1 Å². The first-order valence-corrected chi connectivity index (χ1v) is 8.42. The molecule has 0 bridgehead atoms. The Labute approximate surface area is 132 Å². The molecule has 124 valence electrons. The zero-order chi connectivity index (χ0) is 17.4. The predicted octanol–water partition coefficient (Wildman–Crippen LogP) is 3.87. The van der Waals surface area contributed by atoms with Crippen LogP contribution in [0.3, 0.4) is 0 Å². The van der Waals surface area contributed by atoms with Gasteiger partial charge in [0.1, 0.15) is 4.90 Å². The van der Waals surface area contributed by atoms with Gasteiger partial charge in [-0.3, -0.25) is 0 Å². The Morgan fingerprint density at radius 2 is 1.26 bits per heavy atom. The fourth-order valence-corrected chi connectivity index (χ4v) is 2.90. The monoisotopic (exact) mass is 370 g/mol. The van der Waals surface area contributed by atoms with E-state index in [1.54, 1.807) is 6.26 Å². The van der Waals surface area contributed by atoms with Crippen molar-refractivity contribution in [3.05, 3.63) is 53.4 Å². The van der Waals surface area contributed by atoms with E-state index in [9.17, 15) is 30.4 Å². The highest BCUT2D eigenvalue weighted by Gasteiger charge is 2.30. The summed E-state index contributed by atoms with van der Waals surface area (Å²) in [4.78, 5) is 0.194. The summed E-state index contributed by atoms with van der Waals surface area (Å²) in [7, 11) is -4.77. The molecule has 0 aliphatic rings. The lowest BCUT2D eigenvalue weighted by Crippen LogP contribution is -2.14. The maximum absolute atomic E-state index is 13.5. The molecule has 0 atom stereocenters. The minimum absolute atomic E-state index is 0.501. The van der Waals surface area contributed by atoms with E-state index in [1.807, 2.05) is 0 Å². The third-order valence-electron chi connectivity index (χ3n) is 2.71. The summed E-state index contributed by atoms with van der Waals surface area (Å²) in [6.45, 7) is 0. The fourth-order valence-electron chi connectivity index (χ4n) is 1.56. The minimum atomic E-state index is -4.77. The average molecular weight is 370 g/mol. The van der Waals surface area contributed by atoms with Gasteiger partial charge in [-0.2, -0.15) is 17.2 Å². The molecule has 0 unspecified atom stereocenters. The van der Waals surface area contributed by atoms with Gasteiger partial charge in [0.25, 0.3) is 0 Å². The fraction of sp³-hybridized carbons (Fsp3) is 0.0769. The lowest BCUT2D eigenvalue weighted by Gasteiger charge is -2.10. The largest absolute Gasteiger partial charge is 0.372 e. The van der Waals surface area contributed by atoms with E-state index in [4.69, 9.17) is 0 Å². The van der Waals surface area contributed by atoms with Crippen LogP contribution in [0.15, 0.2) is 34.1 Å². The number of benzene rings is 2. The molecule has 0 amide bonds. The highest BCUT2D eigenvalue weighted by molar-refractivity contribution is 7.98. The van der Waals surface area contributed by atoms with Crippen molar-refractivity contribution in [1.82, 2.24) is 0 Å². The average Bonchev–Trinajstić information content (AvgIpc) is 2.55. The van der Waals surface area contributed by atoms with Gasteiger partial charge in [-0.15, -0.1) is 11.8 Å². The van der Waals surface area contributed by atoms with E-state index >= 15 is 0 Å². The van der Waals surface area contributed by atoms with Gasteiger partial charge in [0.15, 0.2) is 0 Å². The zero-order valence-corrected chi connectivity index (χ0v) is 12.9. The van der Waals surface area contributed by atoms with Gasteiger partial charge in [0.2, 0.25) is 34.8 Å². The van der Waals surface area contributed by atoms with E-state index in [0.29, 0.717) is 4.90 Å². The lowest BCUT2D eigenvalue weighted by molar-refractivity contribution is 0.346. The van der Waals surface area contributed by atoms with Crippen molar-refractivity contribution in [3.63, 3.8) is 0 Å². The Morgan fingerprint density at radius 3 is 1.70 bits per heavy atom. The van der Waals surface area contributed by atoms with Crippen molar-refractivity contribution >= 4 is 21.9 Å². The van der Waals surface area contributed by atoms with Crippen molar-refractivity contribution in [2.45, 2.75) is 9.79 Å². The van der Waals surface area contributed by atoms with E-state index < -0.39 is 49.8 Å². The molecule has 2 aromatic rings. The van der Waals surface area contributed by atoms with E-state index in [1.165, 1.54) is 23.9 Å². The molecule has 0 spiro atoms. The molecule has 0 saturated heterocycles. The van der Waals surface area contributed by atoms with Gasteiger partial charge >= 0.3 is 10.1 Å². The lowest BCUT2D eigenvalue weighted by atomic mass is 10.3. The molecule has 0 aliphatic carbocycles. The summed E-state index contributed by atoms with van der Waals surface area (Å²) >= 11 is 1.31. The first-order chi connectivity index (χ1) is 10.7. The molecule has 0 N–H and O–H groups in total. The molecular weight excluding hydrogens is 363 g/mol. The molecule has 0 aromatic heterocycles. The number of thioether (sulfide) groups is 1. The zero-order valence-electron chi connectivity index (χ0n) is 11.2. The van der Waals surface area contributed by atoms with Crippen LogP contribution >= 0.6 is 11.8 Å². The predicted molar refractivity (Wildman–Crippen MR) is 72.3 cm³/mol.